The molecule has 2 atom stereocenters. The molecule has 102 valence electrons. The van der Waals surface area contributed by atoms with Crippen LogP contribution in [0.4, 0.5) is 0 Å². The molecule has 1 heterocycles. The predicted octanol–water partition coefficient (Wildman–Crippen LogP) is 2.74. The van der Waals surface area contributed by atoms with Crippen molar-refractivity contribution in [2.75, 3.05) is 19.8 Å². The maximum absolute atomic E-state index is 5.83. The number of nitrogens with one attached hydrogen (secondary N) is 1. The summed E-state index contributed by atoms with van der Waals surface area (Å²) in [4.78, 5) is 0. The first-order valence-electron chi connectivity index (χ1n) is 7.02. The third kappa shape index (κ3) is 6.39. The van der Waals surface area contributed by atoms with Crippen LogP contribution in [0.3, 0.4) is 0 Å². The molecule has 0 aromatic heterocycles. The summed E-state index contributed by atoms with van der Waals surface area (Å²) in [6.07, 6.45) is 5.35. The van der Waals surface area contributed by atoms with Crippen molar-refractivity contribution in [3.8, 4) is 0 Å². The monoisotopic (exact) mass is 243 g/mol. The van der Waals surface area contributed by atoms with Crippen molar-refractivity contribution in [2.45, 2.75) is 71.1 Å². The van der Waals surface area contributed by atoms with Crippen LogP contribution in [0, 0.1) is 0 Å². The highest BCUT2D eigenvalue weighted by Crippen LogP contribution is 2.13. The van der Waals surface area contributed by atoms with Crippen molar-refractivity contribution >= 4 is 0 Å². The van der Waals surface area contributed by atoms with Gasteiger partial charge in [0.1, 0.15) is 0 Å². The van der Waals surface area contributed by atoms with Crippen LogP contribution < -0.4 is 5.32 Å². The van der Waals surface area contributed by atoms with E-state index < -0.39 is 0 Å². The van der Waals surface area contributed by atoms with Gasteiger partial charge in [0.2, 0.25) is 0 Å². The van der Waals surface area contributed by atoms with Gasteiger partial charge >= 0.3 is 0 Å². The molecule has 1 aliphatic heterocycles. The first-order chi connectivity index (χ1) is 8.03. The van der Waals surface area contributed by atoms with Gasteiger partial charge in [0.05, 0.1) is 18.8 Å². The van der Waals surface area contributed by atoms with Crippen molar-refractivity contribution in [3.05, 3.63) is 0 Å². The molecule has 0 bridgehead atoms. The summed E-state index contributed by atoms with van der Waals surface area (Å²) in [5, 5.41) is 3.53. The predicted molar refractivity (Wildman–Crippen MR) is 71.4 cm³/mol. The Morgan fingerprint density at radius 3 is 2.76 bits per heavy atom. The van der Waals surface area contributed by atoms with Crippen LogP contribution >= 0.6 is 0 Å². The van der Waals surface area contributed by atoms with Gasteiger partial charge in [-0.05, 0) is 46.5 Å². The van der Waals surface area contributed by atoms with Gasteiger partial charge in [-0.3, -0.25) is 0 Å². The van der Waals surface area contributed by atoms with E-state index in [0.29, 0.717) is 6.10 Å². The normalized spacial score (nSPS) is 23.6. The lowest BCUT2D eigenvalue weighted by atomic mass is 10.0. The molecule has 3 nitrogen and oxygen atoms in total. The Labute approximate surface area is 106 Å². The molecule has 3 heteroatoms. The summed E-state index contributed by atoms with van der Waals surface area (Å²) < 4.78 is 11.5. The average molecular weight is 243 g/mol. The van der Waals surface area contributed by atoms with Gasteiger partial charge in [0.25, 0.3) is 0 Å². The highest BCUT2D eigenvalue weighted by molar-refractivity contribution is 4.76. The summed E-state index contributed by atoms with van der Waals surface area (Å²) in [6.45, 7) is 11.3. The zero-order chi connectivity index (χ0) is 12.7. The van der Waals surface area contributed by atoms with Crippen LogP contribution in [-0.4, -0.2) is 37.5 Å². The van der Waals surface area contributed by atoms with Crippen LogP contribution in [-0.2, 0) is 9.47 Å². The van der Waals surface area contributed by atoms with E-state index >= 15 is 0 Å². The van der Waals surface area contributed by atoms with Crippen molar-refractivity contribution in [1.82, 2.24) is 5.32 Å². The molecule has 1 fully saturated rings. The molecule has 1 N–H and O–H groups in total. The molecule has 0 radical (unpaired) electrons. The molecule has 1 aliphatic rings. The maximum Gasteiger partial charge on any atom is 0.0808 e. The zero-order valence-corrected chi connectivity index (χ0v) is 11.9. The highest BCUT2D eigenvalue weighted by Gasteiger charge is 2.17. The van der Waals surface area contributed by atoms with Crippen LogP contribution in [0.15, 0.2) is 0 Å². The van der Waals surface area contributed by atoms with Crippen LogP contribution in [0.1, 0.15) is 53.4 Å². The quantitative estimate of drug-likeness (QED) is 0.746. The SMILES string of the molecule is CCC(C)(C)NCC(C)OCC1CCCCO1. The Morgan fingerprint density at radius 1 is 1.41 bits per heavy atom. The number of hydrogen-bond donors (Lipinski definition) is 1. The second-order valence-electron chi connectivity index (χ2n) is 5.75. The van der Waals surface area contributed by atoms with E-state index in [1.54, 1.807) is 0 Å². The molecule has 0 aromatic rings. The van der Waals surface area contributed by atoms with Crippen molar-refractivity contribution < 1.29 is 9.47 Å². The molecule has 1 rings (SSSR count). The average Bonchev–Trinajstić information content (AvgIpc) is 2.35. The Kier molecular flexibility index (Phi) is 6.45. The van der Waals surface area contributed by atoms with Gasteiger partial charge < -0.3 is 14.8 Å². The lowest BCUT2D eigenvalue weighted by Crippen LogP contribution is -2.43. The van der Waals surface area contributed by atoms with E-state index in [1.807, 2.05) is 0 Å². The van der Waals surface area contributed by atoms with Crippen molar-refractivity contribution in [3.63, 3.8) is 0 Å². The van der Waals surface area contributed by atoms with E-state index in [-0.39, 0.29) is 11.6 Å². The summed E-state index contributed by atoms with van der Waals surface area (Å²) >= 11 is 0. The minimum absolute atomic E-state index is 0.207. The van der Waals surface area contributed by atoms with Gasteiger partial charge in [0, 0.05) is 18.7 Å². The molecular weight excluding hydrogens is 214 g/mol. The van der Waals surface area contributed by atoms with Crippen LogP contribution in [0.2, 0.25) is 0 Å². The Balaban J connectivity index is 2.10. The second kappa shape index (κ2) is 7.34. The Morgan fingerprint density at radius 2 is 2.18 bits per heavy atom. The molecule has 0 amide bonds. The van der Waals surface area contributed by atoms with Crippen molar-refractivity contribution in [1.29, 1.82) is 0 Å². The molecule has 0 saturated carbocycles. The van der Waals surface area contributed by atoms with E-state index in [9.17, 15) is 0 Å². The second-order valence-corrected chi connectivity index (χ2v) is 5.75. The Hall–Kier alpha value is -0.120. The molecule has 1 saturated heterocycles. The standard InChI is InChI=1S/C14H29NO2/c1-5-14(3,4)15-10-12(2)17-11-13-8-6-7-9-16-13/h12-13,15H,5-11H2,1-4H3. The van der Waals surface area contributed by atoms with Crippen molar-refractivity contribution in [2.24, 2.45) is 0 Å². The summed E-state index contributed by atoms with van der Waals surface area (Å²) in [7, 11) is 0. The van der Waals surface area contributed by atoms with Crippen LogP contribution in [0.5, 0.6) is 0 Å². The van der Waals surface area contributed by atoms with Gasteiger partial charge in [0.15, 0.2) is 0 Å². The smallest absolute Gasteiger partial charge is 0.0808 e. The fraction of sp³-hybridized carbons (Fsp3) is 1.00. The third-order valence-electron chi connectivity index (χ3n) is 3.59. The van der Waals surface area contributed by atoms with E-state index in [4.69, 9.17) is 9.47 Å². The van der Waals surface area contributed by atoms with Gasteiger partial charge in [-0.2, -0.15) is 0 Å². The molecule has 0 spiro atoms. The number of ether oxygens (including phenoxy) is 2. The highest BCUT2D eigenvalue weighted by atomic mass is 16.5. The molecule has 2 unspecified atom stereocenters. The van der Waals surface area contributed by atoms with Gasteiger partial charge in [-0.15, -0.1) is 0 Å². The molecule has 0 aliphatic carbocycles. The third-order valence-corrected chi connectivity index (χ3v) is 3.59. The zero-order valence-electron chi connectivity index (χ0n) is 11.9. The first-order valence-corrected chi connectivity index (χ1v) is 7.02. The number of hydrogen-bond acceptors (Lipinski definition) is 3. The maximum atomic E-state index is 5.83. The number of rotatable bonds is 7. The summed E-state index contributed by atoms with van der Waals surface area (Å²) in [5.74, 6) is 0. The first kappa shape index (κ1) is 14.9. The minimum Gasteiger partial charge on any atom is -0.376 e. The fourth-order valence-corrected chi connectivity index (χ4v) is 1.81. The molecule has 0 aromatic carbocycles. The summed E-state index contributed by atoms with van der Waals surface area (Å²) in [5.41, 5.74) is 0.207. The summed E-state index contributed by atoms with van der Waals surface area (Å²) in [6, 6.07) is 0. The fourth-order valence-electron chi connectivity index (χ4n) is 1.81. The minimum atomic E-state index is 0.207. The van der Waals surface area contributed by atoms with Crippen LogP contribution in [0.25, 0.3) is 0 Å². The lowest BCUT2D eigenvalue weighted by molar-refractivity contribution is -0.0593. The van der Waals surface area contributed by atoms with Gasteiger partial charge in [-0.1, -0.05) is 6.92 Å². The molecule has 17 heavy (non-hydrogen) atoms. The lowest BCUT2D eigenvalue weighted by Gasteiger charge is -2.28. The van der Waals surface area contributed by atoms with E-state index in [0.717, 1.165) is 32.6 Å². The molecular formula is C14H29NO2. The topological polar surface area (TPSA) is 30.5 Å². The van der Waals surface area contributed by atoms with Gasteiger partial charge in [-0.25, -0.2) is 0 Å². The largest absolute Gasteiger partial charge is 0.376 e. The Bertz CT molecular complexity index is 200. The van der Waals surface area contributed by atoms with E-state index in [2.05, 4.69) is 33.0 Å². The van der Waals surface area contributed by atoms with E-state index in [1.165, 1.54) is 12.8 Å².